The third-order valence-corrected chi connectivity index (χ3v) is 4.77. The smallest absolute Gasteiger partial charge is 0.258 e. The van der Waals surface area contributed by atoms with Gasteiger partial charge >= 0.3 is 0 Å². The molecule has 3 heteroatoms. The normalized spacial score (nSPS) is 24.7. The Morgan fingerprint density at radius 2 is 2.21 bits per heavy atom. The molecule has 0 amide bonds. The van der Waals surface area contributed by atoms with E-state index in [9.17, 15) is 10.1 Å². The summed E-state index contributed by atoms with van der Waals surface area (Å²) in [7, 11) is 0. The molecule has 1 aromatic carbocycles. The number of rotatable bonds is 5. The summed E-state index contributed by atoms with van der Waals surface area (Å²) in [5, 5.41) is 11.2. The Hall–Kier alpha value is -1.64. The second kappa shape index (κ2) is 4.80. The van der Waals surface area contributed by atoms with Gasteiger partial charge < -0.3 is 0 Å². The van der Waals surface area contributed by atoms with E-state index in [2.05, 4.69) is 27.4 Å². The van der Waals surface area contributed by atoms with Gasteiger partial charge in [-0.1, -0.05) is 39.0 Å². The van der Waals surface area contributed by atoms with E-state index in [1.807, 2.05) is 12.1 Å². The van der Waals surface area contributed by atoms with Crippen LogP contribution in [0.15, 0.2) is 30.9 Å². The zero-order chi connectivity index (χ0) is 14.2. The molecule has 1 aliphatic rings. The zero-order valence-electron chi connectivity index (χ0n) is 11.8. The van der Waals surface area contributed by atoms with Crippen molar-refractivity contribution < 1.29 is 4.92 Å². The standard InChI is InChI=1S/C16H21NO2/c1-5-6-9-13-12-8-7-10-14(17(18)19)15(12)16(13,4)11(2)3/h5,7-8,10-11,13H,1,6,9H2,2-4H3. The minimum atomic E-state index is -0.247. The average molecular weight is 259 g/mol. The second-order valence-electron chi connectivity index (χ2n) is 5.85. The van der Waals surface area contributed by atoms with Crippen molar-refractivity contribution in [3.8, 4) is 0 Å². The molecule has 1 aliphatic carbocycles. The number of hydrogen-bond donors (Lipinski definition) is 0. The molecule has 3 nitrogen and oxygen atoms in total. The number of allylic oxidation sites excluding steroid dienone is 1. The highest BCUT2D eigenvalue weighted by molar-refractivity contribution is 5.60. The molecule has 0 heterocycles. The molecule has 2 atom stereocenters. The second-order valence-corrected chi connectivity index (χ2v) is 5.85. The van der Waals surface area contributed by atoms with Gasteiger partial charge in [-0.05, 0) is 30.2 Å². The molecule has 2 unspecified atom stereocenters. The summed E-state index contributed by atoms with van der Waals surface area (Å²) in [6, 6.07) is 5.47. The number of nitrogens with zero attached hydrogens (tertiary/aromatic N) is 1. The molecule has 0 radical (unpaired) electrons. The molecule has 0 aliphatic heterocycles. The summed E-state index contributed by atoms with van der Waals surface area (Å²) in [4.78, 5) is 11.0. The number of hydrogen-bond acceptors (Lipinski definition) is 2. The van der Waals surface area contributed by atoms with Gasteiger partial charge in [0.05, 0.1) is 4.92 Å². The number of benzene rings is 1. The number of nitro groups is 1. The van der Waals surface area contributed by atoms with E-state index in [0.717, 1.165) is 24.0 Å². The molecule has 0 bridgehead atoms. The predicted octanol–water partition coefficient (Wildman–Crippen LogP) is 4.57. The molecule has 2 rings (SSSR count). The van der Waals surface area contributed by atoms with E-state index >= 15 is 0 Å². The molecular formula is C16H21NO2. The lowest BCUT2D eigenvalue weighted by Gasteiger charge is -2.51. The average Bonchev–Trinajstić information content (AvgIpc) is 2.37. The van der Waals surface area contributed by atoms with E-state index < -0.39 is 0 Å². The molecule has 102 valence electrons. The Bertz CT molecular complexity index is 521. The summed E-state index contributed by atoms with van der Waals surface area (Å²) >= 11 is 0. The van der Waals surface area contributed by atoms with Crippen LogP contribution in [0.4, 0.5) is 5.69 Å². The van der Waals surface area contributed by atoms with Gasteiger partial charge in [-0.3, -0.25) is 10.1 Å². The highest BCUT2D eigenvalue weighted by Gasteiger charge is 2.53. The molecule has 1 aromatic rings. The Labute approximate surface area is 114 Å². The van der Waals surface area contributed by atoms with E-state index in [-0.39, 0.29) is 16.0 Å². The minimum Gasteiger partial charge on any atom is -0.258 e. The van der Waals surface area contributed by atoms with Crippen LogP contribution >= 0.6 is 0 Å². The van der Waals surface area contributed by atoms with Gasteiger partial charge in [0.15, 0.2) is 0 Å². The largest absolute Gasteiger partial charge is 0.273 e. The lowest BCUT2D eigenvalue weighted by Crippen LogP contribution is -2.45. The molecule has 0 N–H and O–H groups in total. The monoisotopic (exact) mass is 259 g/mol. The van der Waals surface area contributed by atoms with Crippen LogP contribution in [-0.4, -0.2) is 4.92 Å². The fourth-order valence-electron chi connectivity index (χ4n) is 3.44. The number of fused-ring (bicyclic) bond motifs is 1. The van der Waals surface area contributed by atoms with Crippen LogP contribution in [0.25, 0.3) is 0 Å². The first kappa shape index (κ1) is 13.8. The molecule has 0 spiro atoms. The van der Waals surface area contributed by atoms with Crippen molar-refractivity contribution in [2.45, 2.75) is 44.9 Å². The quantitative estimate of drug-likeness (QED) is 0.441. The van der Waals surface area contributed by atoms with Crippen LogP contribution < -0.4 is 0 Å². The number of nitro benzene ring substituents is 1. The van der Waals surface area contributed by atoms with Crippen LogP contribution in [0, 0.1) is 16.0 Å². The Kier molecular flexibility index (Phi) is 3.48. The Balaban J connectivity index is 2.52. The molecule has 19 heavy (non-hydrogen) atoms. The third kappa shape index (κ3) is 1.88. The van der Waals surface area contributed by atoms with Crippen LogP contribution in [0.1, 0.15) is 50.7 Å². The van der Waals surface area contributed by atoms with Gasteiger partial charge in [-0.15, -0.1) is 6.58 Å². The Morgan fingerprint density at radius 3 is 2.74 bits per heavy atom. The van der Waals surface area contributed by atoms with Gasteiger partial charge in [0.25, 0.3) is 5.69 Å². The summed E-state index contributed by atoms with van der Waals surface area (Å²) < 4.78 is 0. The first-order valence-electron chi connectivity index (χ1n) is 6.83. The molecule has 0 fully saturated rings. The van der Waals surface area contributed by atoms with E-state index in [4.69, 9.17) is 0 Å². The van der Waals surface area contributed by atoms with Crippen molar-refractivity contribution in [3.05, 3.63) is 52.1 Å². The van der Waals surface area contributed by atoms with Crippen LogP contribution in [0.3, 0.4) is 0 Å². The van der Waals surface area contributed by atoms with Crippen LogP contribution in [0.2, 0.25) is 0 Å². The summed E-state index contributed by atoms with van der Waals surface area (Å²) in [6.45, 7) is 10.3. The van der Waals surface area contributed by atoms with E-state index in [1.165, 1.54) is 0 Å². The molecule has 0 saturated carbocycles. The minimum absolute atomic E-state index is 0.0952. The van der Waals surface area contributed by atoms with Crippen molar-refractivity contribution >= 4 is 5.69 Å². The maximum absolute atomic E-state index is 11.2. The van der Waals surface area contributed by atoms with Crippen LogP contribution in [0.5, 0.6) is 0 Å². The molecule has 0 aromatic heterocycles. The van der Waals surface area contributed by atoms with Crippen molar-refractivity contribution in [2.24, 2.45) is 5.92 Å². The Morgan fingerprint density at radius 1 is 1.53 bits per heavy atom. The summed E-state index contributed by atoms with van der Waals surface area (Å²) in [5.41, 5.74) is 2.29. The first-order chi connectivity index (χ1) is 8.94. The lowest BCUT2D eigenvalue weighted by molar-refractivity contribution is -0.386. The SMILES string of the molecule is C=CCCC1c2cccc([N+](=O)[O-])c2C1(C)C(C)C. The predicted molar refractivity (Wildman–Crippen MR) is 77.5 cm³/mol. The van der Waals surface area contributed by atoms with Gasteiger partial charge in [0.2, 0.25) is 0 Å². The maximum Gasteiger partial charge on any atom is 0.273 e. The van der Waals surface area contributed by atoms with Crippen molar-refractivity contribution in [1.29, 1.82) is 0 Å². The molecular weight excluding hydrogens is 238 g/mol. The van der Waals surface area contributed by atoms with Crippen molar-refractivity contribution in [2.75, 3.05) is 0 Å². The van der Waals surface area contributed by atoms with Crippen molar-refractivity contribution in [1.82, 2.24) is 0 Å². The van der Waals surface area contributed by atoms with Gasteiger partial charge in [-0.2, -0.15) is 0 Å². The van der Waals surface area contributed by atoms with E-state index in [0.29, 0.717) is 11.8 Å². The molecule has 0 saturated heterocycles. The summed E-state index contributed by atoms with van der Waals surface area (Å²) in [6.07, 6.45) is 3.90. The highest BCUT2D eigenvalue weighted by Crippen LogP contribution is 2.60. The summed E-state index contributed by atoms with van der Waals surface area (Å²) in [5.74, 6) is 0.788. The van der Waals surface area contributed by atoms with E-state index in [1.54, 1.807) is 12.1 Å². The zero-order valence-corrected chi connectivity index (χ0v) is 11.8. The lowest BCUT2D eigenvalue weighted by atomic mass is 9.51. The van der Waals surface area contributed by atoms with Gasteiger partial charge in [0, 0.05) is 17.0 Å². The van der Waals surface area contributed by atoms with Gasteiger partial charge in [0.1, 0.15) is 0 Å². The fourth-order valence-corrected chi connectivity index (χ4v) is 3.44. The van der Waals surface area contributed by atoms with Gasteiger partial charge in [-0.25, -0.2) is 0 Å². The maximum atomic E-state index is 11.2. The highest BCUT2D eigenvalue weighted by atomic mass is 16.6. The van der Waals surface area contributed by atoms with Crippen molar-refractivity contribution in [3.63, 3.8) is 0 Å². The topological polar surface area (TPSA) is 43.1 Å². The first-order valence-corrected chi connectivity index (χ1v) is 6.83. The third-order valence-electron chi connectivity index (χ3n) is 4.77. The fraction of sp³-hybridized carbons (Fsp3) is 0.500. The van der Waals surface area contributed by atoms with Crippen LogP contribution in [-0.2, 0) is 5.41 Å².